The Balaban J connectivity index is 1.97. The Bertz CT molecular complexity index is 1080. The number of hydrogen-bond donors (Lipinski definition) is 0. The minimum atomic E-state index is -0.00160. The molecule has 128 valence electrons. The quantitative estimate of drug-likeness (QED) is 0.514. The number of benzene rings is 2. The molecule has 4 heteroatoms. The number of nitrogens with zero attached hydrogens (tertiary/aromatic N) is 3. The van der Waals surface area contributed by atoms with Crippen molar-refractivity contribution in [1.82, 2.24) is 14.6 Å². The van der Waals surface area contributed by atoms with Gasteiger partial charge in [-0.25, -0.2) is 9.50 Å². The molecular weight excluding hydrogens is 322 g/mol. The Hall–Kier alpha value is -3.27. The molecule has 2 aromatic carbocycles. The molecule has 4 nitrogen and oxygen atoms in total. The average molecular weight is 341 g/mol. The number of rotatable bonds is 4. The largest absolute Gasteiger partial charge is 0.294 e. The third-order valence-corrected chi connectivity index (χ3v) is 4.61. The molecule has 0 saturated heterocycles. The van der Waals surface area contributed by atoms with Gasteiger partial charge in [0.05, 0.1) is 22.5 Å². The summed E-state index contributed by atoms with van der Waals surface area (Å²) in [4.78, 5) is 16.5. The van der Waals surface area contributed by atoms with Gasteiger partial charge in [0.15, 0.2) is 11.4 Å². The molecule has 4 rings (SSSR count). The molecule has 2 aromatic heterocycles. The summed E-state index contributed by atoms with van der Waals surface area (Å²) in [6.45, 7) is 3.47. The Kier molecular flexibility index (Phi) is 4.09. The van der Waals surface area contributed by atoms with Crippen molar-refractivity contribution in [2.45, 2.75) is 20.3 Å². The lowest BCUT2D eigenvalue weighted by Gasteiger charge is -2.05. The smallest absolute Gasteiger partial charge is 0.163 e. The van der Waals surface area contributed by atoms with Gasteiger partial charge in [0.1, 0.15) is 0 Å². The standard InChI is InChI=1S/C22H19N3O/c1-15-19(16(2)26)14-23-22-21(18-11-7-4-8-12-18)20(24-25(15)22)13-17-9-5-3-6-10-17/h3-12,14H,13H2,1-2H3. The van der Waals surface area contributed by atoms with Gasteiger partial charge in [-0.15, -0.1) is 0 Å². The van der Waals surface area contributed by atoms with E-state index in [1.54, 1.807) is 17.6 Å². The van der Waals surface area contributed by atoms with Crippen LogP contribution < -0.4 is 0 Å². The molecule has 0 bridgehead atoms. The molecule has 0 atom stereocenters. The Morgan fingerprint density at radius 3 is 2.31 bits per heavy atom. The number of ketones is 1. The topological polar surface area (TPSA) is 47.3 Å². The first-order valence-electron chi connectivity index (χ1n) is 8.62. The lowest BCUT2D eigenvalue weighted by Crippen LogP contribution is -2.05. The minimum Gasteiger partial charge on any atom is -0.294 e. The third-order valence-electron chi connectivity index (χ3n) is 4.61. The number of aryl methyl sites for hydroxylation is 1. The molecule has 0 unspecified atom stereocenters. The number of hydrogen-bond acceptors (Lipinski definition) is 3. The fourth-order valence-electron chi connectivity index (χ4n) is 3.30. The summed E-state index contributed by atoms with van der Waals surface area (Å²) in [5.41, 5.74) is 6.45. The van der Waals surface area contributed by atoms with Crippen LogP contribution in [0.1, 0.15) is 34.2 Å². The average Bonchev–Trinajstić information content (AvgIpc) is 3.02. The second-order valence-electron chi connectivity index (χ2n) is 6.40. The van der Waals surface area contributed by atoms with Crippen LogP contribution in [0.25, 0.3) is 16.8 Å². The number of aromatic nitrogens is 3. The molecule has 0 N–H and O–H groups in total. The van der Waals surface area contributed by atoms with E-state index in [1.807, 2.05) is 43.3 Å². The van der Waals surface area contributed by atoms with E-state index in [4.69, 9.17) is 5.10 Å². The first-order chi connectivity index (χ1) is 12.6. The second-order valence-corrected chi connectivity index (χ2v) is 6.40. The normalized spacial score (nSPS) is 11.0. The molecule has 0 amide bonds. The monoisotopic (exact) mass is 341 g/mol. The van der Waals surface area contributed by atoms with Crippen LogP contribution in [0, 0.1) is 6.92 Å². The van der Waals surface area contributed by atoms with E-state index >= 15 is 0 Å². The van der Waals surface area contributed by atoms with Crippen LogP contribution in [-0.4, -0.2) is 20.4 Å². The van der Waals surface area contributed by atoms with Gasteiger partial charge in [0.2, 0.25) is 0 Å². The molecule has 0 fully saturated rings. The van der Waals surface area contributed by atoms with Gasteiger partial charge < -0.3 is 0 Å². The molecular formula is C22H19N3O. The SMILES string of the molecule is CC(=O)c1cnc2c(-c3ccccc3)c(Cc3ccccc3)nn2c1C. The maximum atomic E-state index is 11.9. The zero-order chi connectivity index (χ0) is 18.1. The maximum absolute atomic E-state index is 11.9. The third kappa shape index (κ3) is 2.80. The highest BCUT2D eigenvalue weighted by Crippen LogP contribution is 2.30. The Morgan fingerprint density at radius 1 is 1.00 bits per heavy atom. The summed E-state index contributed by atoms with van der Waals surface area (Å²) in [6, 6.07) is 20.4. The molecule has 0 spiro atoms. The lowest BCUT2D eigenvalue weighted by atomic mass is 10.0. The van der Waals surface area contributed by atoms with Gasteiger partial charge in [-0.1, -0.05) is 60.7 Å². The van der Waals surface area contributed by atoms with E-state index in [1.165, 1.54) is 5.56 Å². The van der Waals surface area contributed by atoms with E-state index in [2.05, 4.69) is 29.2 Å². The maximum Gasteiger partial charge on any atom is 0.163 e. The number of carbonyl (C=O) groups is 1. The van der Waals surface area contributed by atoms with Gasteiger partial charge in [0.25, 0.3) is 0 Å². The van der Waals surface area contributed by atoms with Crippen LogP contribution >= 0.6 is 0 Å². The van der Waals surface area contributed by atoms with E-state index in [0.29, 0.717) is 12.0 Å². The van der Waals surface area contributed by atoms with E-state index in [0.717, 1.165) is 28.2 Å². The van der Waals surface area contributed by atoms with Crippen LogP contribution in [0.4, 0.5) is 0 Å². The molecule has 2 heterocycles. The molecule has 0 aliphatic heterocycles. The van der Waals surface area contributed by atoms with Gasteiger partial charge in [-0.3, -0.25) is 4.79 Å². The number of Topliss-reactive ketones (excluding diaryl/α,β-unsaturated/α-hetero) is 1. The zero-order valence-electron chi connectivity index (χ0n) is 14.8. The van der Waals surface area contributed by atoms with Crippen molar-refractivity contribution in [3.05, 3.63) is 89.4 Å². The van der Waals surface area contributed by atoms with Crippen molar-refractivity contribution in [3.63, 3.8) is 0 Å². The second kappa shape index (κ2) is 6.56. The highest BCUT2D eigenvalue weighted by molar-refractivity contribution is 5.95. The van der Waals surface area contributed by atoms with E-state index in [-0.39, 0.29) is 5.78 Å². The first-order valence-corrected chi connectivity index (χ1v) is 8.62. The van der Waals surface area contributed by atoms with Crippen LogP contribution in [0.3, 0.4) is 0 Å². The lowest BCUT2D eigenvalue weighted by molar-refractivity contribution is 0.101. The predicted molar refractivity (Wildman–Crippen MR) is 102 cm³/mol. The highest BCUT2D eigenvalue weighted by atomic mass is 16.1. The van der Waals surface area contributed by atoms with Crippen LogP contribution in [0.5, 0.6) is 0 Å². The molecule has 0 saturated carbocycles. The van der Waals surface area contributed by atoms with Gasteiger partial charge in [0, 0.05) is 12.6 Å². The summed E-state index contributed by atoms with van der Waals surface area (Å²) in [5.74, 6) is -0.00160. The number of fused-ring (bicyclic) bond motifs is 1. The molecule has 0 radical (unpaired) electrons. The number of carbonyl (C=O) groups excluding carboxylic acids is 1. The van der Waals surface area contributed by atoms with Crippen molar-refractivity contribution >= 4 is 11.4 Å². The highest BCUT2D eigenvalue weighted by Gasteiger charge is 2.19. The van der Waals surface area contributed by atoms with Crippen LogP contribution in [0.2, 0.25) is 0 Å². The van der Waals surface area contributed by atoms with E-state index in [9.17, 15) is 4.79 Å². The van der Waals surface area contributed by atoms with Gasteiger partial charge in [-0.05, 0) is 25.0 Å². The van der Waals surface area contributed by atoms with Gasteiger partial charge in [-0.2, -0.15) is 5.10 Å². The summed E-state index contributed by atoms with van der Waals surface area (Å²) < 4.78 is 1.80. The molecule has 4 aromatic rings. The summed E-state index contributed by atoms with van der Waals surface area (Å²) in [6.07, 6.45) is 2.37. The summed E-state index contributed by atoms with van der Waals surface area (Å²) in [5, 5.41) is 4.83. The fourth-order valence-corrected chi connectivity index (χ4v) is 3.30. The van der Waals surface area contributed by atoms with Crippen LogP contribution in [0.15, 0.2) is 66.9 Å². The Labute approximate surface area is 152 Å². The predicted octanol–water partition coefficient (Wildman–Crippen LogP) is 4.50. The van der Waals surface area contributed by atoms with Crippen molar-refractivity contribution in [2.24, 2.45) is 0 Å². The van der Waals surface area contributed by atoms with Crippen LogP contribution in [-0.2, 0) is 6.42 Å². The van der Waals surface area contributed by atoms with E-state index < -0.39 is 0 Å². The minimum absolute atomic E-state index is 0.00160. The first kappa shape index (κ1) is 16.2. The fraction of sp³-hybridized carbons (Fsp3) is 0.136. The molecule has 0 aliphatic carbocycles. The summed E-state index contributed by atoms with van der Waals surface area (Å²) >= 11 is 0. The van der Waals surface area contributed by atoms with Gasteiger partial charge >= 0.3 is 0 Å². The Morgan fingerprint density at radius 2 is 1.65 bits per heavy atom. The zero-order valence-corrected chi connectivity index (χ0v) is 14.8. The van der Waals surface area contributed by atoms with Crippen molar-refractivity contribution in [2.75, 3.05) is 0 Å². The van der Waals surface area contributed by atoms with Crippen molar-refractivity contribution in [1.29, 1.82) is 0 Å². The molecule has 0 aliphatic rings. The van der Waals surface area contributed by atoms with Crippen molar-refractivity contribution in [3.8, 4) is 11.1 Å². The summed E-state index contributed by atoms with van der Waals surface area (Å²) in [7, 11) is 0. The van der Waals surface area contributed by atoms with Crippen molar-refractivity contribution < 1.29 is 4.79 Å². The molecule has 26 heavy (non-hydrogen) atoms.